The number of anilines is 1. The molecule has 2 aliphatic rings. The number of carbonyl (C=O) groups is 1. The Kier molecular flexibility index (Phi) is 4.66. The number of amides is 1. The topological polar surface area (TPSA) is 76.6 Å². The van der Waals surface area contributed by atoms with Crippen LogP contribution < -0.4 is 15.0 Å². The molecule has 0 saturated carbocycles. The van der Waals surface area contributed by atoms with E-state index in [2.05, 4.69) is 20.2 Å². The minimum absolute atomic E-state index is 0.0927. The molecule has 0 aromatic carbocycles. The van der Waals surface area contributed by atoms with E-state index in [-0.39, 0.29) is 17.9 Å². The fraction of sp³-hybridized carbons (Fsp3) is 0.688. The molecule has 2 saturated heterocycles. The van der Waals surface area contributed by atoms with Crippen molar-refractivity contribution in [2.24, 2.45) is 17.8 Å². The zero-order chi connectivity index (χ0) is 16.4. The average molecular weight is 320 g/mol. The van der Waals surface area contributed by atoms with Gasteiger partial charge in [0.25, 0.3) is 0 Å². The van der Waals surface area contributed by atoms with Crippen molar-refractivity contribution in [3.8, 4) is 5.88 Å². The molecule has 2 aliphatic heterocycles. The first-order chi connectivity index (χ1) is 11.1. The number of nitrogens with zero attached hydrogens (tertiary/aromatic N) is 3. The van der Waals surface area contributed by atoms with Crippen LogP contribution in [0.25, 0.3) is 0 Å². The highest BCUT2D eigenvalue weighted by Gasteiger charge is 2.44. The lowest BCUT2D eigenvalue weighted by molar-refractivity contribution is -0.134. The molecule has 7 nitrogen and oxygen atoms in total. The van der Waals surface area contributed by atoms with Crippen molar-refractivity contribution < 1.29 is 14.3 Å². The molecule has 0 spiro atoms. The molecule has 0 unspecified atom stereocenters. The van der Waals surface area contributed by atoms with Crippen LogP contribution >= 0.6 is 0 Å². The largest absolute Gasteiger partial charge is 0.481 e. The number of hydrogen-bond donors (Lipinski definition) is 1. The van der Waals surface area contributed by atoms with Gasteiger partial charge in [-0.15, -0.1) is 0 Å². The first-order valence-corrected chi connectivity index (χ1v) is 8.07. The summed E-state index contributed by atoms with van der Waals surface area (Å²) in [5, 5.41) is 3.01. The van der Waals surface area contributed by atoms with Gasteiger partial charge < -0.3 is 19.7 Å². The van der Waals surface area contributed by atoms with Crippen molar-refractivity contribution in [3.05, 3.63) is 12.4 Å². The van der Waals surface area contributed by atoms with E-state index in [9.17, 15) is 4.79 Å². The lowest BCUT2D eigenvalue weighted by atomic mass is 9.82. The van der Waals surface area contributed by atoms with E-state index in [0.717, 1.165) is 18.9 Å². The molecule has 7 heteroatoms. The van der Waals surface area contributed by atoms with Crippen LogP contribution in [0.4, 0.5) is 5.82 Å². The molecule has 126 valence electrons. The van der Waals surface area contributed by atoms with Gasteiger partial charge >= 0.3 is 0 Å². The molecule has 3 heterocycles. The molecule has 1 aromatic rings. The second-order valence-electron chi connectivity index (χ2n) is 6.55. The molecule has 1 N–H and O–H groups in total. The van der Waals surface area contributed by atoms with Gasteiger partial charge in [-0.05, 0) is 19.8 Å². The lowest BCUT2D eigenvalue weighted by Crippen LogP contribution is -2.46. The predicted molar refractivity (Wildman–Crippen MR) is 85.4 cm³/mol. The number of methoxy groups -OCH3 is 1. The number of rotatable bonds is 4. The quantitative estimate of drug-likeness (QED) is 0.880. The Morgan fingerprint density at radius 3 is 2.96 bits per heavy atom. The van der Waals surface area contributed by atoms with Gasteiger partial charge in [0.1, 0.15) is 12.1 Å². The Balaban J connectivity index is 1.73. The van der Waals surface area contributed by atoms with Gasteiger partial charge in [-0.3, -0.25) is 4.79 Å². The molecule has 23 heavy (non-hydrogen) atoms. The summed E-state index contributed by atoms with van der Waals surface area (Å²) in [5.41, 5.74) is 0. The summed E-state index contributed by atoms with van der Waals surface area (Å²) in [7, 11) is 1.59. The van der Waals surface area contributed by atoms with Crippen LogP contribution in [0, 0.1) is 17.8 Å². The smallest absolute Gasteiger partial charge is 0.225 e. The molecule has 0 radical (unpaired) electrons. The van der Waals surface area contributed by atoms with Crippen molar-refractivity contribution in [1.82, 2.24) is 15.3 Å². The zero-order valence-corrected chi connectivity index (χ0v) is 13.9. The summed E-state index contributed by atoms with van der Waals surface area (Å²) >= 11 is 0. The van der Waals surface area contributed by atoms with Crippen molar-refractivity contribution in [2.45, 2.75) is 19.9 Å². The summed E-state index contributed by atoms with van der Waals surface area (Å²) in [5.74, 6) is 2.04. The van der Waals surface area contributed by atoms with Gasteiger partial charge in [0.15, 0.2) is 0 Å². The molecule has 3 atom stereocenters. The highest BCUT2D eigenvalue weighted by Crippen LogP contribution is 2.36. The summed E-state index contributed by atoms with van der Waals surface area (Å²) in [6.07, 6.45) is 1.51. The van der Waals surface area contributed by atoms with E-state index in [1.165, 1.54) is 6.33 Å². The highest BCUT2D eigenvalue weighted by molar-refractivity contribution is 5.79. The zero-order valence-electron chi connectivity index (χ0n) is 13.9. The summed E-state index contributed by atoms with van der Waals surface area (Å²) in [4.78, 5) is 23.0. The van der Waals surface area contributed by atoms with Crippen LogP contribution in [-0.4, -0.2) is 55.3 Å². The summed E-state index contributed by atoms with van der Waals surface area (Å²) < 4.78 is 10.9. The standard InChI is InChI=1S/C16H24N4O3/c1-10(2)19-16(21)13-8-23-7-11-5-20(6-12(11)13)14-4-15(22-3)18-9-17-14/h4,9-13H,5-8H2,1-3H3,(H,19,21)/t11-,12-,13+/m1/s1. The van der Waals surface area contributed by atoms with Crippen LogP contribution in [0.2, 0.25) is 0 Å². The maximum Gasteiger partial charge on any atom is 0.225 e. The third-order valence-corrected chi connectivity index (χ3v) is 4.57. The Labute approximate surface area is 136 Å². The second-order valence-corrected chi connectivity index (χ2v) is 6.55. The van der Waals surface area contributed by atoms with Crippen LogP contribution in [0.3, 0.4) is 0 Å². The van der Waals surface area contributed by atoms with Crippen molar-refractivity contribution in [1.29, 1.82) is 0 Å². The van der Waals surface area contributed by atoms with Crippen molar-refractivity contribution in [3.63, 3.8) is 0 Å². The first-order valence-electron chi connectivity index (χ1n) is 8.07. The Morgan fingerprint density at radius 2 is 2.22 bits per heavy atom. The Bertz CT molecular complexity index is 566. The SMILES string of the molecule is COc1cc(N2C[C@@H]3COC[C@H](C(=O)NC(C)C)[C@@H]3C2)ncn1. The molecule has 1 amide bonds. The van der Waals surface area contributed by atoms with Crippen molar-refractivity contribution in [2.75, 3.05) is 38.3 Å². The average Bonchev–Trinajstić information content (AvgIpc) is 2.98. The summed E-state index contributed by atoms with van der Waals surface area (Å²) in [6, 6.07) is 1.98. The van der Waals surface area contributed by atoms with Gasteiger partial charge in [0, 0.05) is 31.1 Å². The Morgan fingerprint density at radius 1 is 1.39 bits per heavy atom. The summed E-state index contributed by atoms with van der Waals surface area (Å²) in [6.45, 7) is 6.82. The number of carbonyl (C=O) groups excluding carboxylic acids is 1. The van der Waals surface area contributed by atoms with Crippen molar-refractivity contribution >= 4 is 11.7 Å². The van der Waals surface area contributed by atoms with Crippen LogP contribution in [0.1, 0.15) is 13.8 Å². The highest BCUT2D eigenvalue weighted by atomic mass is 16.5. The van der Waals surface area contributed by atoms with Crippen LogP contribution in [0.15, 0.2) is 12.4 Å². The normalized spacial score (nSPS) is 27.0. The second kappa shape index (κ2) is 6.70. The number of nitrogens with one attached hydrogen (secondary N) is 1. The Hall–Kier alpha value is -1.89. The van der Waals surface area contributed by atoms with E-state index in [1.807, 2.05) is 19.9 Å². The third-order valence-electron chi connectivity index (χ3n) is 4.57. The minimum atomic E-state index is -0.0927. The minimum Gasteiger partial charge on any atom is -0.481 e. The maximum absolute atomic E-state index is 12.4. The van der Waals surface area contributed by atoms with Gasteiger partial charge in [0.05, 0.1) is 26.2 Å². The lowest BCUT2D eigenvalue weighted by Gasteiger charge is -2.32. The van der Waals surface area contributed by atoms with E-state index in [0.29, 0.717) is 30.9 Å². The van der Waals surface area contributed by atoms with E-state index in [1.54, 1.807) is 7.11 Å². The fourth-order valence-electron chi connectivity index (χ4n) is 3.46. The molecule has 3 rings (SSSR count). The number of hydrogen-bond acceptors (Lipinski definition) is 6. The van der Waals surface area contributed by atoms with Crippen LogP contribution in [-0.2, 0) is 9.53 Å². The van der Waals surface area contributed by atoms with E-state index in [4.69, 9.17) is 9.47 Å². The first kappa shape index (κ1) is 16.0. The van der Waals surface area contributed by atoms with Gasteiger partial charge in [0.2, 0.25) is 11.8 Å². The molecular formula is C16H24N4O3. The fourth-order valence-corrected chi connectivity index (χ4v) is 3.46. The predicted octanol–water partition coefficient (Wildman–Crippen LogP) is 0.709. The van der Waals surface area contributed by atoms with E-state index >= 15 is 0 Å². The molecule has 0 bridgehead atoms. The number of aromatic nitrogens is 2. The van der Waals surface area contributed by atoms with Crippen LogP contribution in [0.5, 0.6) is 5.88 Å². The number of ether oxygens (including phenoxy) is 2. The van der Waals surface area contributed by atoms with Gasteiger partial charge in [-0.1, -0.05) is 0 Å². The molecular weight excluding hydrogens is 296 g/mol. The molecule has 1 aromatic heterocycles. The third kappa shape index (κ3) is 3.39. The van der Waals surface area contributed by atoms with Gasteiger partial charge in [-0.2, -0.15) is 0 Å². The van der Waals surface area contributed by atoms with Gasteiger partial charge in [-0.25, -0.2) is 9.97 Å². The maximum atomic E-state index is 12.4. The molecule has 2 fully saturated rings. The number of fused-ring (bicyclic) bond motifs is 1. The molecule has 0 aliphatic carbocycles. The van der Waals surface area contributed by atoms with E-state index < -0.39 is 0 Å². The monoisotopic (exact) mass is 320 g/mol.